The molecular formula is C12H10ClNO3. The van der Waals surface area contributed by atoms with Crippen molar-refractivity contribution in [1.82, 2.24) is 0 Å². The highest BCUT2D eigenvalue weighted by molar-refractivity contribution is 6.33. The Morgan fingerprint density at radius 3 is 2.76 bits per heavy atom. The Balaban J connectivity index is 2.06. The summed E-state index contributed by atoms with van der Waals surface area (Å²) >= 11 is 5.80. The van der Waals surface area contributed by atoms with Gasteiger partial charge in [0, 0.05) is 0 Å². The molecule has 1 aromatic carbocycles. The summed E-state index contributed by atoms with van der Waals surface area (Å²) < 4.78 is 5.44. The fourth-order valence-corrected chi connectivity index (χ4v) is 1.67. The van der Waals surface area contributed by atoms with Crippen LogP contribution in [0.4, 0.5) is 0 Å². The summed E-state index contributed by atoms with van der Waals surface area (Å²) in [5.74, 6) is -0.584. The molecule has 1 aliphatic carbocycles. The topological polar surface area (TPSA) is 70.3 Å². The molecular weight excluding hydrogens is 242 g/mol. The van der Waals surface area contributed by atoms with Crippen LogP contribution < -0.4 is 4.74 Å². The van der Waals surface area contributed by atoms with Gasteiger partial charge in [0.25, 0.3) is 0 Å². The van der Waals surface area contributed by atoms with E-state index in [0.29, 0.717) is 12.4 Å². The number of nitriles is 1. The van der Waals surface area contributed by atoms with Crippen molar-refractivity contribution in [2.45, 2.75) is 12.8 Å². The average molecular weight is 252 g/mol. The quantitative estimate of drug-likeness (QED) is 0.893. The van der Waals surface area contributed by atoms with E-state index >= 15 is 0 Å². The lowest BCUT2D eigenvalue weighted by Gasteiger charge is -2.09. The van der Waals surface area contributed by atoms with Crippen molar-refractivity contribution in [2.75, 3.05) is 6.61 Å². The zero-order valence-electron chi connectivity index (χ0n) is 8.94. The molecule has 1 fully saturated rings. The first-order valence-corrected chi connectivity index (χ1v) is 5.51. The van der Waals surface area contributed by atoms with E-state index in [2.05, 4.69) is 6.07 Å². The SMILES string of the molecule is N#CC1(COc2ccc(C(=O)O)c(Cl)c2)CC1. The molecule has 0 amide bonds. The molecule has 5 heteroatoms. The molecule has 88 valence electrons. The number of carbonyl (C=O) groups is 1. The summed E-state index contributed by atoms with van der Waals surface area (Å²) in [6, 6.07) is 6.61. The highest BCUT2D eigenvalue weighted by atomic mass is 35.5. The second kappa shape index (κ2) is 4.27. The van der Waals surface area contributed by atoms with Crippen LogP contribution in [0, 0.1) is 16.7 Å². The molecule has 0 radical (unpaired) electrons. The van der Waals surface area contributed by atoms with E-state index in [0.717, 1.165) is 12.8 Å². The number of ether oxygens (including phenoxy) is 1. The molecule has 0 saturated heterocycles. The van der Waals surface area contributed by atoms with Crippen molar-refractivity contribution in [3.05, 3.63) is 28.8 Å². The van der Waals surface area contributed by atoms with Gasteiger partial charge in [-0.1, -0.05) is 11.6 Å². The van der Waals surface area contributed by atoms with Gasteiger partial charge in [-0.2, -0.15) is 5.26 Å². The molecule has 0 atom stereocenters. The van der Waals surface area contributed by atoms with Crippen molar-refractivity contribution in [1.29, 1.82) is 5.26 Å². The summed E-state index contributed by atoms with van der Waals surface area (Å²) in [6.07, 6.45) is 1.70. The summed E-state index contributed by atoms with van der Waals surface area (Å²) in [6.45, 7) is 0.326. The Kier molecular flexibility index (Phi) is 2.95. The molecule has 0 heterocycles. The van der Waals surface area contributed by atoms with Gasteiger partial charge in [0.1, 0.15) is 12.4 Å². The van der Waals surface area contributed by atoms with Gasteiger partial charge in [-0.25, -0.2) is 4.79 Å². The minimum Gasteiger partial charge on any atom is -0.492 e. The number of rotatable bonds is 4. The van der Waals surface area contributed by atoms with Crippen LogP contribution in [0.25, 0.3) is 0 Å². The zero-order chi connectivity index (χ0) is 12.5. The minimum atomic E-state index is -1.07. The Morgan fingerprint density at radius 1 is 1.59 bits per heavy atom. The summed E-state index contributed by atoms with van der Waals surface area (Å²) in [4.78, 5) is 10.7. The van der Waals surface area contributed by atoms with Gasteiger partial charge >= 0.3 is 5.97 Å². The van der Waals surface area contributed by atoms with E-state index < -0.39 is 5.97 Å². The van der Waals surface area contributed by atoms with Crippen molar-refractivity contribution >= 4 is 17.6 Å². The molecule has 1 aromatic rings. The van der Waals surface area contributed by atoms with Crippen LogP contribution in [0.3, 0.4) is 0 Å². The fourth-order valence-electron chi connectivity index (χ4n) is 1.42. The number of hydrogen-bond acceptors (Lipinski definition) is 3. The van der Waals surface area contributed by atoms with Gasteiger partial charge in [0.05, 0.1) is 22.1 Å². The average Bonchev–Trinajstić information content (AvgIpc) is 3.07. The van der Waals surface area contributed by atoms with Gasteiger partial charge in [0.2, 0.25) is 0 Å². The zero-order valence-corrected chi connectivity index (χ0v) is 9.70. The molecule has 17 heavy (non-hydrogen) atoms. The number of carboxylic acid groups (broad SMARTS) is 1. The van der Waals surface area contributed by atoms with Crippen LogP contribution in [0.15, 0.2) is 18.2 Å². The number of hydrogen-bond donors (Lipinski definition) is 1. The maximum atomic E-state index is 10.7. The Morgan fingerprint density at radius 2 is 2.29 bits per heavy atom. The molecule has 0 aromatic heterocycles. The van der Waals surface area contributed by atoms with Gasteiger partial charge < -0.3 is 9.84 Å². The fraction of sp³-hybridized carbons (Fsp3) is 0.333. The van der Waals surface area contributed by atoms with Crippen LogP contribution in [-0.2, 0) is 0 Å². The van der Waals surface area contributed by atoms with E-state index in [1.165, 1.54) is 12.1 Å². The summed E-state index contributed by atoms with van der Waals surface area (Å²) in [5, 5.41) is 17.8. The lowest BCUT2D eigenvalue weighted by atomic mass is 10.1. The van der Waals surface area contributed by atoms with Crippen LogP contribution in [-0.4, -0.2) is 17.7 Å². The Hall–Kier alpha value is -1.73. The highest BCUT2D eigenvalue weighted by Gasteiger charge is 2.44. The second-order valence-electron chi connectivity index (χ2n) is 4.13. The molecule has 0 bridgehead atoms. The largest absolute Gasteiger partial charge is 0.492 e. The molecule has 2 rings (SSSR count). The lowest BCUT2D eigenvalue weighted by Crippen LogP contribution is -2.10. The third kappa shape index (κ3) is 2.51. The predicted molar refractivity (Wildman–Crippen MR) is 61.2 cm³/mol. The number of halogens is 1. The summed E-state index contributed by atoms with van der Waals surface area (Å²) in [5.41, 5.74) is -0.307. The van der Waals surface area contributed by atoms with Gasteiger partial charge in [-0.05, 0) is 31.0 Å². The minimum absolute atomic E-state index is 0.0421. The predicted octanol–water partition coefficient (Wildman–Crippen LogP) is 2.72. The molecule has 0 unspecified atom stereocenters. The lowest BCUT2D eigenvalue weighted by molar-refractivity contribution is 0.0697. The molecule has 4 nitrogen and oxygen atoms in total. The third-order valence-corrected chi connectivity index (χ3v) is 3.09. The van der Waals surface area contributed by atoms with Crippen molar-refractivity contribution < 1.29 is 14.6 Å². The number of benzene rings is 1. The first-order valence-electron chi connectivity index (χ1n) is 5.13. The van der Waals surface area contributed by atoms with E-state index in [1.807, 2.05) is 0 Å². The van der Waals surface area contributed by atoms with Crippen LogP contribution >= 0.6 is 11.6 Å². The molecule has 1 saturated carbocycles. The number of nitrogens with zero attached hydrogens (tertiary/aromatic N) is 1. The van der Waals surface area contributed by atoms with E-state index in [1.54, 1.807) is 6.07 Å². The van der Waals surface area contributed by atoms with Gasteiger partial charge in [-0.3, -0.25) is 0 Å². The van der Waals surface area contributed by atoms with E-state index in [-0.39, 0.29) is 16.0 Å². The van der Waals surface area contributed by atoms with E-state index in [9.17, 15) is 4.79 Å². The van der Waals surface area contributed by atoms with Crippen molar-refractivity contribution in [3.63, 3.8) is 0 Å². The third-order valence-electron chi connectivity index (χ3n) is 2.78. The molecule has 1 aliphatic rings. The summed E-state index contributed by atoms with van der Waals surface area (Å²) in [7, 11) is 0. The Labute approximate surface area is 103 Å². The van der Waals surface area contributed by atoms with E-state index in [4.69, 9.17) is 26.7 Å². The van der Waals surface area contributed by atoms with Crippen molar-refractivity contribution in [3.8, 4) is 11.8 Å². The normalized spacial score (nSPS) is 16.0. The molecule has 1 N–H and O–H groups in total. The first-order chi connectivity index (χ1) is 8.06. The smallest absolute Gasteiger partial charge is 0.337 e. The molecule has 0 aliphatic heterocycles. The standard InChI is InChI=1S/C12H10ClNO3/c13-10-5-8(1-2-9(10)11(15)16)17-7-12(6-14)3-4-12/h1-2,5H,3-4,7H2,(H,15,16). The maximum absolute atomic E-state index is 10.7. The number of aromatic carboxylic acids is 1. The van der Waals surface area contributed by atoms with Crippen LogP contribution in [0.5, 0.6) is 5.75 Å². The van der Waals surface area contributed by atoms with Crippen molar-refractivity contribution in [2.24, 2.45) is 5.41 Å². The van der Waals surface area contributed by atoms with Crippen LogP contribution in [0.2, 0.25) is 5.02 Å². The highest BCUT2D eigenvalue weighted by Crippen LogP contribution is 2.45. The second-order valence-corrected chi connectivity index (χ2v) is 4.53. The first kappa shape index (κ1) is 11.7. The van der Waals surface area contributed by atoms with Crippen LogP contribution in [0.1, 0.15) is 23.2 Å². The monoisotopic (exact) mass is 251 g/mol. The van der Waals surface area contributed by atoms with Gasteiger partial charge in [-0.15, -0.1) is 0 Å². The molecule has 0 spiro atoms. The Bertz CT molecular complexity index is 503. The van der Waals surface area contributed by atoms with Gasteiger partial charge in [0.15, 0.2) is 0 Å². The maximum Gasteiger partial charge on any atom is 0.337 e. The number of carboxylic acids is 1.